The molecule has 2 aliphatic rings. The molecule has 1 aromatic heterocycles. The largest absolute Gasteiger partial charge is 0.387 e. The van der Waals surface area contributed by atoms with Gasteiger partial charge in [-0.1, -0.05) is 13.0 Å². The summed E-state index contributed by atoms with van der Waals surface area (Å²) in [6, 6.07) is 11.3. The second-order valence-electron chi connectivity index (χ2n) is 8.95. The first-order chi connectivity index (χ1) is 12.8. The molecule has 3 nitrogen and oxygen atoms in total. The van der Waals surface area contributed by atoms with E-state index in [1.54, 1.807) is 12.1 Å². The van der Waals surface area contributed by atoms with E-state index >= 15 is 0 Å². The van der Waals surface area contributed by atoms with Crippen LogP contribution in [0.15, 0.2) is 42.6 Å². The number of aromatic nitrogens is 1. The average Bonchev–Trinajstić information content (AvgIpc) is 3.20. The summed E-state index contributed by atoms with van der Waals surface area (Å²) in [5.74, 6) is -0.238. The van der Waals surface area contributed by atoms with Crippen LogP contribution in [0.3, 0.4) is 0 Å². The van der Waals surface area contributed by atoms with Crippen molar-refractivity contribution in [2.75, 3.05) is 5.32 Å². The van der Waals surface area contributed by atoms with Gasteiger partial charge in [-0.3, -0.25) is 0 Å². The van der Waals surface area contributed by atoms with E-state index in [9.17, 15) is 9.50 Å². The van der Waals surface area contributed by atoms with Crippen LogP contribution >= 0.6 is 0 Å². The summed E-state index contributed by atoms with van der Waals surface area (Å²) < 4.78 is 14.2. The van der Waals surface area contributed by atoms with Crippen LogP contribution in [0, 0.1) is 5.82 Å². The molecule has 3 aromatic rings. The number of anilines is 1. The first-order valence-corrected chi connectivity index (χ1v) is 9.67. The Morgan fingerprint density at radius 1 is 1.04 bits per heavy atom. The highest BCUT2D eigenvalue weighted by Gasteiger charge is 2.62. The Bertz CT molecular complexity index is 1070. The zero-order valence-corrected chi connectivity index (χ0v) is 16.0. The highest BCUT2D eigenvalue weighted by Crippen LogP contribution is 2.58. The fourth-order valence-corrected chi connectivity index (χ4v) is 5.62. The number of benzene rings is 2. The Morgan fingerprint density at radius 3 is 2.67 bits per heavy atom. The van der Waals surface area contributed by atoms with Crippen molar-refractivity contribution >= 4 is 16.6 Å². The summed E-state index contributed by atoms with van der Waals surface area (Å²) in [5, 5.41) is 16.1. The molecule has 2 unspecified atom stereocenters. The highest BCUT2D eigenvalue weighted by molar-refractivity contribution is 5.94. The number of aromatic amines is 1. The van der Waals surface area contributed by atoms with Crippen molar-refractivity contribution in [2.24, 2.45) is 0 Å². The number of hydrogen-bond donors (Lipinski definition) is 3. The van der Waals surface area contributed by atoms with Crippen molar-refractivity contribution in [3.8, 4) is 11.1 Å². The number of rotatable bonds is 1. The summed E-state index contributed by atoms with van der Waals surface area (Å²) in [7, 11) is 0. The van der Waals surface area contributed by atoms with Gasteiger partial charge in [0.1, 0.15) is 5.82 Å². The van der Waals surface area contributed by atoms with Crippen LogP contribution in [-0.2, 0) is 5.41 Å². The lowest BCUT2D eigenvalue weighted by Crippen LogP contribution is -2.65. The molecule has 5 rings (SSSR count). The molecular weight excluding hydrogens is 339 g/mol. The number of H-pyrrole nitrogens is 1. The van der Waals surface area contributed by atoms with Gasteiger partial charge < -0.3 is 15.4 Å². The van der Waals surface area contributed by atoms with Gasteiger partial charge in [0, 0.05) is 28.2 Å². The molecule has 0 saturated heterocycles. The molecular formula is C23H25FN2O. The van der Waals surface area contributed by atoms with Crippen LogP contribution in [0.1, 0.15) is 45.6 Å². The van der Waals surface area contributed by atoms with Gasteiger partial charge in [-0.2, -0.15) is 0 Å². The highest BCUT2D eigenvalue weighted by atomic mass is 19.1. The Morgan fingerprint density at radius 2 is 1.85 bits per heavy atom. The second-order valence-corrected chi connectivity index (χ2v) is 8.95. The lowest BCUT2D eigenvalue weighted by Gasteiger charge is -2.55. The molecule has 0 radical (unpaired) electrons. The standard InChI is InChI=1S/C23H25FN2O/c1-21(2)23(27)9-4-8-22(23,3)18-12-14(5-6-19(18)26-21)17-13-16(24)11-15-7-10-25-20(15)17/h5-7,10-13,25-27H,4,8-9H2,1-3H3. The number of halogens is 1. The van der Waals surface area contributed by atoms with E-state index < -0.39 is 11.1 Å². The molecule has 1 saturated carbocycles. The number of nitrogens with one attached hydrogen (secondary N) is 2. The summed E-state index contributed by atoms with van der Waals surface area (Å²) in [4.78, 5) is 3.24. The molecule has 27 heavy (non-hydrogen) atoms. The Balaban J connectivity index is 1.74. The van der Waals surface area contributed by atoms with Crippen LogP contribution in [0.2, 0.25) is 0 Å². The van der Waals surface area contributed by atoms with Crippen LogP contribution in [0.4, 0.5) is 10.1 Å². The first kappa shape index (κ1) is 16.8. The summed E-state index contributed by atoms with van der Waals surface area (Å²) in [5.41, 5.74) is 3.42. The van der Waals surface area contributed by atoms with Gasteiger partial charge in [0.05, 0.1) is 16.7 Å². The Kier molecular flexibility index (Phi) is 3.20. The number of aliphatic hydroxyl groups is 1. The third kappa shape index (κ3) is 2.05. The van der Waals surface area contributed by atoms with Gasteiger partial charge in [0.2, 0.25) is 0 Å². The number of hydrogen-bond acceptors (Lipinski definition) is 2. The van der Waals surface area contributed by atoms with Gasteiger partial charge in [0.25, 0.3) is 0 Å². The molecule has 0 bridgehead atoms. The molecule has 2 heterocycles. The minimum absolute atomic E-state index is 0.238. The minimum atomic E-state index is -0.810. The van der Waals surface area contributed by atoms with Gasteiger partial charge >= 0.3 is 0 Å². The van der Waals surface area contributed by atoms with E-state index in [0.29, 0.717) is 0 Å². The third-order valence-electron chi connectivity index (χ3n) is 7.16. The van der Waals surface area contributed by atoms with Gasteiger partial charge in [-0.05, 0) is 74.6 Å². The van der Waals surface area contributed by atoms with E-state index in [2.05, 4.69) is 43.2 Å². The first-order valence-electron chi connectivity index (χ1n) is 9.67. The van der Waals surface area contributed by atoms with E-state index in [1.807, 2.05) is 18.3 Å². The van der Waals surface area contributed by atoms with Crippen molar-refractivity contribution < 1.29 is 9.50 Å². The quantitative estimate of drug-likeness (QED) is 0.545. The van der Waals surface area contributed by atoms with Crippen LogP contribution < -0.4 is 5.32 Å². The lowest BCUT2D eigenvalue weighted by atomic mass is 9.60. The smallest absolute Gasteiger partial charge is 0.124 e. The zero-order chi connectivity index (χ0) is 19.0. The molecule has 1 fully saturated rings. The average molecular weight is 364 g/mol. The predicted molar refractivity (Wildman–Crippen MR) is 108 cm³/mol. The molecule has 1 aliphatic heterocycles. The summed E-state index contributed by atoms with van der Waals surface area (Å²) in [6.45, 7) is 6.35. The van der Waals surface area contributed by atoms with Crippen LogP contribution in [0.25, 0.3) is 22.0 Å². The van der Waals surface area contributed by atoms with Gasteiger partial charge in [-0.25, -0.2) is 4.39 Å². The van der Waals surface area contributed by atoms with E-state index in [1.165, 1.54) is 0 Å². The Hall–Kier alpha value is -2.33. The summed E-state index contributed by atoms with van der Waals surface area (Å²) in [6.07, 6.45) is 4.58. The second kappa shape index (κ2) is 5.14. The molecule has 2 atom stereocenters. The Labute approximate surface area is 158 Å². The lowest BCUT2D eigenvalue weighted by molar-refractivity contribution is -0.0628. The van der Waals surface area contributed by atoms with Gasteiger partial charge in [0.15, 0.2) is 0 Å². The maximum absolute atomic E-state index is 14.2. The predicted octanol–water partition coefficient (Wildman–Crippen LogP) is 5.35. The SMILES string of the molecule is CC1(C)Nc2ccc(-c3cc(F)cc4cc[nH]c34)cc2C2(C)CCCC12O. The topological polar surface area (TPSA) is 48.0 Å². The number of fused-ring (bicyclic) bond motifs is 4. The molecule has 140 valence electrons. The van der Waals surface area contributed by atoms with E-state index in [0.717, 1.165) is 52.5 Å². The molecule has 4 heteroatoms. The van der Waals surface area contributed by atoms with Gasteiger partial charge in [-0.15, -0.1) is 0 Å². The maximum Gasteiger partial charge on any atom is 0.124 e. The van der Waals surface area contributed by atoms with Crippen molar-refractivity contribution in [1.82, 2.24) is 4.98 Å². The summed E-state index contributed by atoms with van der Waals surface area (Å²) >= 11 is 0. The molecule has 2 aromatic carbocycles. The molecule has 0 amide bonds. The maximum atomic E-state index is 14.2. The van der Waals surface area contributed by atoms with Crippen molar-refractivity contribution in [2.45, 2.75) is 56.6 Å². The third-order valence-corrected chi connectivity index (χ3v) is 7.16. The zero-order valence-electron chi connectivity index (χ0n) is 16.0. The minimum Gasteiger partial charge on any atom is -0.387 e. The van der Waals surface area contributed by atoms with E-state index in [-0.39, 0.29) is 11.2 Å². The molecule has 0 spiro atoms. The van der Waals surface area contributed by atoms with Crippen molar-refractivity contribution in [1.29, 1.82) is 0 Å². The van der Waals surface area contributed by atoms with Crippen LogP contribution in [0.5, 0.6) is 0 Å². The normalized spacial score (nSPS) is 28.6. The monoisotopic (exact) mass is 364 g/mol. The van der Waals surface area contributed by atoms with Crippen LogP contribution in [-0.4, -0.2) is 21.2 Å². The van der Waals surface area contributed by atoms with E-state index in [4.69, 9.17) is 0 Å². The molecule has 3 N–H and O–H groups in total. The fraction of sp³-hybridized carbons (Fsp3) is 0.391. The van der Waals surface area contributed by atoms with Crippen molar-refractivity contribution in [3.05, 3.63) is 54.0 Å². The van der Waals surface area contributed by atoms with Crippen molar-refractivity contribution in [3.63, 3.8) is 0 Å². The molecule has 1 aliphatic carbocycles. The fourth-order valence-electron chi connectivity index (χ4n) is 5.62.